The molecule has 0 aliphatic carbocycles. The molecular formula is C22H22N2O3S. The summed E-state index contributed by atoms with van der Waals surface area (Å²) in [6.07, 6.45) is 1.81. The zero-order chi connectivity index (χ0) is 20.1. The Balaban J connectivity index is 1.66. The van der Waals surface area contributed by atoms with Gasteiger partial charge in [-0.3, -0.25) is 9.10 Å². The van der Waals surface area contributed by atoms with Crippen molar-refractivity contribution in [2.24, 2.45) is 0 Å². The molecule has 0 spiro atoms. The number of hydrogen-bond donors (Lipinski definition) is 0. The van der Waals surface area contributed by atoms with Crippen LogP contribution < -0.4 is 9.21 Å². The fourth-order valence-electron chi connectivity index (χ4n) is 3.94. The van der Waals surface area contributed by atoms with Crippen molar-refractivity contribution in [1.29, 1.82) is 0 Å². The molecule has 0 saturated carbocycles. The van der Waals surface area contributed by atoms with Crippen molar-refractivity contribution in [1.82, 2.24) is 0 Å². The van der Waals surface area contributed by atoms with E-state index in [1.165, 1.54) is 10.6 Å². The van der Waals surface area contributed by atoms with Gasteiger partial charge in [-0.1, -0.05) is 30.3 Å². The SMILES string of the molecule is CC1Cc2cc(C(=O)N(C)c3ccc4ccccc4c3)ccc2N1S(C)(=O)=O. The van der Waals surface area contributed by atoms with E-state index in [0.717, 1.165) is 22.0 Å². The van der Waals surface area contributed by atoms with Gasteiger partial charge in [0.2, 0.25) is 10.0 Å². The maximum atomic E-state index is 13.0. The van der Waals surface area contributed by atoms with E-state index in [1.807, 2.05) is 55.5 Å². The summed E-state index contributed by atoms with van der Waals surface area (Å²) in [5.74, 6) is -0.122. The molecular weight excluding hydrogens is 372 g/mol. The standard InChI is InChI=1S/C22H22N2O3S/c1-15-12-19-13-18(9-11-21(19)24(15)28(3,26)27)22(25)23(2)20-10-8-16-6-4-5-7-17(16)14-20/h4-11,13-15H,12H2,1-3H3. The lowest BCUT2D eigenvalue weighted by atomic mass is 10.1. The van der Waals surface area contributed by atoms with Crippen LogP contribution in [0.2, 0.25) is 0 Å². The summed E-state index contributed by atoms with van der Waals surface area (Å²) in [7, 11) is -1.59. The zero-order valence-electron chi connectivity index (χ0n) is 16.1. The average molecular weight is 394 g/mol. The Kier molecular flexibility index (Phi) is 4.38. The Hall–Kier alpha value is -2.86. The van der Waals surface area contributed by atoms with Crippen molar-refractivity contribution in [3.05, 3.63) is 71.8 Å². The molecule has 0 bridgehead atoms. The maximum absolute atomic E-state index is 13.0. The van der Waals surface area contributed by atoms with E-state index in [1.54, 1.807) is 24.1 Å². The number of carbonyl (C=O) groups is 1. The van der Waals surface area contributed by atoms with Crippen LogP contribution in [0, 0.1) is 0 Å². The molecule has 1 aliphatic rings. The average Bonchev–Trinajstić information content (AvgIpc) is 3.01. The van der Waals surface area contributed by atoms with Crippen molar-refractivity contribution in [3.63, 3.8) is 0 Å². The van der Waals surface area contributed by atoms with E-state index in [9.17, 15) is 13.2 Å². The van der Waals surface area contributed by atoms with E-state index >= 15 is 0 Å². The molecule has 0 saturated heterocycles. The lowest BCUT2D eigenvalue weighted by Crippen LogP contribution is -2.34. The summed E-state index contributed by atoms with van der Waals surface area (Å²) < 4.78 is 25.6. The largest absolute Gasteiger partial charge is 0.311 e. The predicted octanol–water partition coefficient (Wildman–Crippen LogP) is 3.83. The van der Waals surface area contributed by atoms with Crippen LogP contribution in [0.4, 0.5) is 11.4 Å². The van der Waals surface area contributed by atoms with Crippen LogP contribution in [-0.2, 0) is 16.4 Å². The molecule has 1 aliphatic heterocycles. The second kappa shape index (κ2) is 6.63. The summed E-state index contributed by atoms with van der Waals surface area (Å²) in [6.45, 7) is 1.88. The third kappa shape index (κ3) is 3.14. The van der Waals surface area contributed by atoms with Crippen LogP contribution >= 0.6 is 0 Å². The number of sulfonamides is 1. The number of rotatable bonds is 3. The van der Waals surface area contributed by atoms with Gasteiger partial charge in [0.25, 0.3) is 5.91 Å². The number of anilines is 2. The van der Waals surface area contributed by atoms with Gasteiger partial charge in [-0.05, 0) is 60.0 Å². The molecule has 0 fully saturated rings. The molecule has 1 unspecified atom stereocenters. The van der Waals surface area contributed by atoms with Gasteiger partial charge in [0.05, 0.1) is 11.9 Å². The van der Waals surface area contributed by atoms with Gasteiger partial charge in [-0.25, -0.2) is 8.42 Å². The molecule has 1 atom stereocenters. The highest BCUT2D eigenvalue weighted by Crippen LogP contribution is 2.35. The van der Waals surface area contributed by atoms with Crippen LogP contribution in [0.25, 0.3) is 10.8 Å². The number of benzene rings is 3. The zero-order valence-corrected chi connectivity index (χ0v) is 16.9. The molecule has 3 aromatic rings. The smallest absolute Gasteiger partial charge is 0.258 e. The molecule has 6 heteroatoms. The summed E-state index contributed by atoms with van der Waals surface area (Å²) >= 11 is 0. The van der Waals surface area contributed by atoms with Crippen LogP contribution in [-0.4, -0.2) is 33.7 Å². The van der Waals surface area contributed by atoms with Crippen molar-refractivity contribution >= 4 is 38.1 Å². The van der Waals surface area contributed by atoms with E-state index in [0.29, 0.717) is 17.7 Å². The third-order valence-electron chi connectivity index (χ3n) is 5.26. The third-order valence-corrected chi connectivity index (χ3v) is 6.53. The quantitative estimate of drug-likeness (QED) is 0.678. The lowest BCUT2D eigenvalue weighted by molar-refractivity contribution is 0.0993. The minimum Gasteiger partial charge on any atom is -0.311 e. The Bertz CT molecular complexity index is 1190. The second-order valence-electron chi connectivity index (χ2n) is 7.35. The Morgan fingerprint density at radius 1 is 1.04 bits per heavy atom. The van der Waals surface area contributed by atoms with Crippen molar-refractivity contribution < 1.29 is 13.2 Å². The molecule has 144 valence electrons. The molecule has 5 nitrogen and oxygen atoms in total. The molecule has 3 aromatic carbocycles. The monoisotopic (exact) mass is 394 g/mol. The first kappa shape index (κ1) is 18.5. The van der Waals surface area contributed by atoms with Gasteiger partial charge in [0.15, 0.2) is 0 Å². The highest BCUT2D eigenvalue weighted by molar-refractivity contribution is 7.92. The second-order valence-corrected chi connectivity index (χ2v) is 9.21. The predicted molar refractivity (Wildman–Crippen MR) is 114 cm³/mol. The van der Waals surface area contributed by atoms with E-state index in [2.05, 4.69) is 0 Å². The molecule has 1 amide bonds. The number of nitrogens with zero attached hydrogens (tertiary/aromatic N) is 2. The maximum Gasteiger partial charge on any atom is 0.258 e. The van der Waals surface area contributed by atoms with E-state index < -0.39 is 10.0 Å². The van der Waals surface area contributed by atoms with Crippen molar-refractivity contribution in [3.8, 4) is 0 Å². The molecule has 1 heterocycles. The highest BCUT2D eigenvalue weighted by atomic mass is 32.2. The minimum absolute atomic E-state index is 0.122. The van der Waals surface area contributed by atoms with Crippen molar-refractivity contribution in [2.45, 2.75) is 19.4 Å². The normalized spacial score (nSPS) is 16.2. The topological polar surface area (TPSA) is 57.7 Å². The van der Waals surface area contributed by atoms with Gasteiger partial charge < -0.3 is 4.90 Å². The highest BCUT2D eigenvalue weighted by Gasteiger charge is 2.33. The van der Waals surface area contributed by atoms with Crippen LogP contribution in [0.1, 0.15) is 22.8 Å². The van der Waals surface area contributed by atoms with Gasteiger partial charge in [-0.2, -0.15) is 0 Å². The number of fused-ring (bicyclic) bond motifs is 2. The summed E-state index contributed by atoms with van der Waals surface area (Å²) in [6, 6.07) is 19.1. The van der Waals surface area contributed by atoms with Gasteiger partial charge >= 0.3 is 0 Å². The van der Waals surface area contributed by atoms with E-state index in [4.69, 9.17) is 0 Å². The van der Waals surface area contributed by atoms with Crippen LogP contribution in [0.3, 0.4) is 0 Å². The fraction of sp³-hybridized carbons (Fsp3) is 0.227. The molecule has 0 N–H and O–H groups in total. The van der Waals surface area contributed by atoms with Crippen LogP contribution in [0.5, 0.6) is 0 Å². The number of carbonyl (C=O) groups excluding carboxylic acids is 1. The molecule has 28 heavy (non-hydrogen) atoms. The first-order valence-corrected chi connectivity index (χ1v) is 11.0. The van der Waals surface area contributed by atoms with Crippen molar-refractivity contribution in [2.75, 3.05) is 22.5 Å². The molecule has 4 rings (SSSR count). The Labute approximate surface area is 165 Å². The number of hydrogen-bond acceptors (Lipinski definition) is 3. The Morgan fingerprint density at radius 2 is 1.75 bits per heavy atom. The van der Waals surface area contributed by atoms with Crippen LogP contribution in [0.15, 0.2) is 60.7 Å². The summed E-state index contributed by atoms with van der Waals surface area (Å²) in [4.78, 5) is 14.7. The summed E-state index contributed by atoms with van der Waals surface area (Å²) in [5, 5.41) is 2.20. The fourth-order valence-corrected chi connectivity index (χ4v) is 5.20. The molecule has 0 radical (unpaired) electrons. The first-order chi connectivity index (χ1) is 13.3. The van der Waals surface area contributed by atoms with Gasteiger partial charge in [0, 0.05) is 24.3 Å². The summed E-state index contributed by atoms with van der Waals surface area (Å²) in [5.41, 5.74) is 2.92. The van der Waals surface area contributed by atoms with Gasteiger partial charge in [-0.15, -0.1) is 0 Å². The first-order valence-electron chi connectivity index (χ1n) is 9.15. The Morgan fingerprint density at radius 3 is 2.46 bits per heavy atom. The van der Waals surface area contributed by atoms with Gasteiger partial charge in [0.1, 0.15) is 0 Å². The lowest BCUT2D eigenvalue weighted by Gasteiger charge is -2.22. The van der Waals surface area contributed by atoms with E-state index in [-0.39, 0.29) is 11.9 Å². The number of amides is 1. The molecule has 0 aromatic heterocycles. The minimum atomic E-state index is -3.34.